The van der Waals surface area contributed by atoms with E-state index in [4.69, 9.17) is 26.2 Å². The summed E-state index contributed by atoms with van der Waals surface area (Å²) in [5.41, 5.74) is 1.43. The van der Waals surface area contributed by atoms with Crippen LogP contribution in [-0.2, 0) is 19.6 Å². The third kappa shape index (κ3) is 5.89. The van der Waals surface area contributed by atoms with Gasteiger partial charge in [0.1, 0.15) is 5.75 Å². The highest BCUT2D eigenvalue weighted by atomic mass is 35.5. The van der Waals surface area contributed by atoms with Crippen molar-refractivity contribution in [3.8, 4) is 5.75 Å². The fourth-order valence-electron chi connectivity index (χ4n) is 3.03. The molecule has 0 saturated heterocycles. The van der Waals surface area contributed by atoms with E-state index in [2.05, 4.69) is 5.32 Å². The van der Waals surface area contributed by atoms with Crippen LogP contribution in [0.2, 0.25) is 5.02 Å². The molecule has 0 radical (unpaired) electrons. The highest BCUT2D eigenvalue weighted by Gasteiger charge is 2.28. The van der Waals surface area contributed by atoms with E-state index in [0.29, 0.717) is 17.0 Å². The Morgan fingerprint density at radius 1 is 1.03 bits per heavy atom. The number of sulfonamides is 1. The zero-order chi connectivity index (χ0) is 24.2. The third-order valence-corrected chi connectivity index (χ3v) is 5.91. The van der Waals surface area contributed by atoms with Crippen molar-refractivity contribution in [1.82, 2.24) is 0 Å². The summed E-state index contributed by atoms with van der Waals surface area (Å²) in [6, 6.07) is 17.0. The third-order valence-electron chi connectivity index (χ3n) is 4.66. The molecule has 0 aliphatic rings. The van der Waals surface area contributed by atoms with Gasteiger partial charge in [0.2, 0.25) is 16.1 Å². The molecule has 1 amide bonds. The molecule has 0 saturated carbocycles. The van der Waals surface area contributed by atoms with E-state index in [-0.39, 0.29) is 15.5 Å². The number of nitrogens with one attached hydrogen (secondary N) is 1. The number of hydrogen-bond donors (Lipinski definition) is 2. The van der Waals surface area contributed by atoms with Gasteiger partial charge >= 0.3 is 5.97 Å². The number of primary sulfonamides is 1. The number of nitrogens with two attached hydrogens (primary N) is 1. The summed E-state index contributed by atoms with van der Waals surface area (Å²) in [5.74, 6) is -1.21. The Kier molecular flexibility index (Phi) is 7.37. The monoisotopic (exact) mass is 488 g/mol. The van der Waals surface area contributed by atoms with Crippen molar-refractivity contribution in [2.75, 3.05) is 12.4 Å². The first-order chi connectivity index (χ1) is 15.6. The number of hydrogen-bond acceptors (Lipinski definition) is 6. The highest BCUT2D eigenvalue weighted by molar-refractivity contribution is 7.89. The molecule has 1 atom stereocenters. The number of esters is 1. The second-order valence-corrected chi connectivity index (χ2v) is 9.04. The molecule has 8 nitrogen and oxygen atoms in total. The molecule has 1 unspecified atom stereocenters. The molecule has 172 valence electrons. The van der Waals surface area contributed by atoms with Gasteiger partial charge in [0, 0.05) is 5.56 Å². The van der Waals surface area contributed by atoms with Crippen molar-refractivity contribution in [2.24, 2.45) is 5.14 Å². The molecule has 0 spiro atoms. The molecule has 0 fully saturated rings. The molecular formula is C23H21ClN2O6S. The van der Waals surface area contributed by atoms with Gasteiger partial charge in [0.15, 0.2) is 0 Å². The molecule has 3 aromatic carbocycles. The lowest BCUT2D eigenvalue weighted by Crippen LogP contribution is -2.26. The van der Waals surface area contributed by atoms with E-state index in [0.717, 1.165) is 11.6 Å². The zero-order valence-electron chi connectivity index (χ0n) is 17.7. The van der Waals surface area contributed by atoms with Crippen LogP contribution in [0.15, 0.2) is 71.6 Å². The number of ether oxygens (including phenoxy) is 2. The molecular weight excluding hydrogens is 468 g/mol. The number of rotatable bonds is 7. The van der Waals surface area contributed by atoms with Gasteiger partial charge in [-0.05, 0) is 42.8 Å². The SMILES string of the molecule is COc1ccc(C)cc1NC(=O)C(OC(=O)c1cc(S(N)(=O)=O)ccc1Cl)c1ccccc1. The first-order valence-corrected chi connectivity index (χ1v) is 11.6. The van der Waals surface area contributed by atoms with Crippen molar-refractivity contribution in [3.05, 3.63) is 88.4 Å². The summed E-state index contributed by atoms with van der Waals surface area (Å²) < 4.78 is 34.1. The number of anilines is 1. The van der Waals surface area contributed by atoms with Crippen molar-refractivity contribution >= 4 is 39.2 Å². The summed E-state index contributed by atoms with van der Waals surface area (Å²) in [4.78, 5) is 25.8. The largest absolute Gasteiger partial charge is 0.495 e. The Hall–Kier alpha value is -3.40. The Balaban J connectivity index is 1.96. The Bertz CT molecular complexity index is 1300. The first kappa shape index (κ1) is 24.2. The number of aryl methyl sites for hydroxylation is 1. The predicted molar refractivity (Wildman–Crippen MR) is 124 cm³/mol. The van der Waals surface area contributed by atoms with E-state index in [1.165, 1.54) is 19.2 Å². The van der Waals surface area contributed by atoms with Crippen LogP contribution >= 0.6 is 11.6 Å². The topological polar surface area (TPSA) is 125 Å². The number of carbonyl (C=O) groups is 2. The number of benzene rings is 3. The maximum absolute atomic E-state index is 13.2. The molecule has 3 aromatic rings. The summed E-state index contributed by atoms with van der Waals surface area (Å²) >= 11 is 6.08. The smallest absolute Gasteiger partial charge is 0.340 e. The average molecular weight is 489 g/mol. The van der Waals surface area contributed by atoms with Crippen LogP contribution in [0.3, 0.4) is 0 Å². The second-order valence-electron chi connectivity index (χ2n) is 7.08. The van der Waals surface area contributed by atoms with E-state index >= 15 is 0 Å². The van der Waals surface area contributed by atoms with Gasteiger partial charge in [0.25, 0.3) is 5.91 Å². The molecule has 0 aliphatic heterocycles. The van der Waals surface area contributed by atoms with Crippen molar-refractivity contribution in [2.45, 2.75) is 17.9 Å². The summed E-state index contributed by atoms with van der Waals surface area (Å²) in [6.07, 6.45) is -1.36. The van der Waals surface area contributed by atoms with Crippen molar-refractivity contribution in [1.29, 1.82) is 0 Å². The molecule has 3 rings (SSSR count). The van der Waals surface area contributed by atoms with Gasteiger partial charge in [-0.1, -0.05) is 48.0 Å². The maximum Gasteiger partial charge on any atom is 0.340 e. The molecule has 33 heavy (non-hydrogen) atoms. The second kappa shape index (κ2) is 10.0. The summed E-state index contributed by atoms with van der Waals surface area (Å²) in [6.45, 7) is 1.85. The predicted octanol–water partition coefficient (Wildman–Crippen LogP) is 3.84. The highest BCUT2D eigenvalue weighted by Crippen LogP contribution is 2.29. The molecule has 0 aromatic heterocycles. The van der Waals surface area contributed by atoms with E-state index in [1.54, 1.807) is 42.5 Å². The molecule has 0 aliphatic carbocycles. The summed E-state index contributed by atoms with van der Waals surface area (Å²) in [5, 5.41) is 7.81. The molecule has 0 bridgehead atoms. The Morgan fingerprint density at radius 3 is 2.36 bits per heavy atom. The minimum Gasteiger partial charge on any atom is -0.495 e. The van der Waals surface area contributed by atoms with Gasteiger partial charge in [-0.15, -0.1) is 0 Å². The number of methoxy groups -OCH3 is 1. The maximum atomic E-state index is 13.2. The van der Waals surface area contributed by atoms with E-state index < -0.39 is 28.0 Å². The fraction of sp³-hybridized carbons (Fsp3) is 0.130. The Morgan fingerprint density at radius 2 is 1.73 bits per heavy atom. The minimum absolute atomic E-state index is 0.0556. The van der Waals surface area contributed by atoms with Crippen LogP contribution in [0.5, 0.6) is 5.75 Å². The first-order valence-electron chi connectivity index (χ1n) is 9.64. The minimum atomic E-state index is -4.08. The Labute approximate surface area is 196 Å². The normalized spacial score (nSPS) is 12.0. The van der Waals surface area contributed by atoms with Gasteiger partial charge in [-0.2, -0.15) is 0 Å². The number of halogens is 1. The van der Waals surface area contributed by atoms with E-state index in [1.807, 2.05) is 13.0 Å². The van der Waals surface area contributed by atoms with Crippen LogP contribution in [0, 0.1) is 6.92 Å². The lowest BCUT2D eigenvalue weighted by molar-refractivity contribution is -0.125. The zero-order valence-corrected chi connectivity index (χ0v) is 19.3. The van der Waals surface area contributed by atoms with Crippen LogP contribution in [0.1, 0.15) is 27.6 Å². The van der Waals surface area contributed by atoms with Crippen LogP contribution in [0.4, 0.5) is 5.69 Å². The molecule has 0 heterocycles. The number of amides is 1. The fourth-order valence-corrected chi connectivity index (χ4v) is 3.76. The van der Waals surface area contributed by atoms with E-state index in [9.17, 15) is 18.0 Å². The lowest BCUT2D eigenvalue weighted by atomic mass is 10.1. The van der Waals surface area contributed by atoms with Crippen molar-refractivity contribution < 1.29 is 27.5 Å². The van der Waals surface area contributed by atoms with Crippen LogP contribution in [-0.4, -0.2) is 27.4 Å². The summed E-state index contributed by atoms with van der Waals surface area (Å²) in [7, 11) is -2.62. The van der Waals surface area contributed by atoms with Gasteiger partial charge in [-0.3, -0.25) is 4.79 Å². The van der Waals surface area contributed by atoms with Crippen LogP contribution in [0.25, 0.3) is 0 Å². The van der Waals surface area contributed by atoms with Crippen molar-refractivity contribution in [3.63, 3.8) is 0 Å². The van der Waals surface area contributed by atoms with Gasteiger partial charge in [-0.25, -0.2) is 18.4 Å². The quantitative estimate of drug-likeness (QED) is 0.487. The number of carbonyl (C=O) groups excluding carboxylic acids is 2. The molecule has 3 N–H and O–H groups in total. The van der Waals surface area contributed by atoms with Gasteiger partial charge < -0.3 is 14.8 Å². The average Bonchev–Trinajstić information content (AvgIpc) is 2.77. The van der Waals surface area contributed by atoms with Gasteiger partial charge in [0.05, 0.1) is 28.3 Å². The molecule has 10 heteroatoms. The lowest BCUT2D eigenvalue weighted by Gasteiger charge is -2.19. The standard InChI is InChI=1S/C23H21ClN2O6S/c1-14-8-11-20(31-2)19(12-14)26-22(27)21(15-6-4-3-5-7-15)32-23(28)17-13-16(33(25,29)30)9-10-18(17)24/h3-13,21H,1-2H3,(H,26,27)(H2,25,29,30). The van der Waals surface area contributed by atoms with Crippen LogP contribution < -0.4 is 15.2 Å².